The number of hydrogen-bond acceptors (Lipinski definition) is 6. The second-order valence-corrected chi connectivity index (χ2v) is 7.10. The molecule has 0 aliphatic rings. The molecule has 146 valence electrons. The topological polar surface area (TPSA) is 77.2 Å². The molecule has 2 heterocycles. The molecular weight excluding hydrogens is 393 g/mol. The van der Waals surface area contributed by atoms with Gasteiger partial charge < -0.3 is 14.5 Å². The summed E-state index contributed by atoms with van der Waals surface area (Å²) in [5, 5.41) is 12.4. The summed E-state index contributed by atoms with van der Waals surface area (Å²) in [6, 6.07) is 16.5. The average Bonchev–Trinajstić information content (AvgIpc) is 3.46. The van der Waals surface area contributed by atoms with Crippen LogP contribution in [0.5, 0.6) is 5.75 Å². The summed E-state index contributed by atoms with van der Waals surface area (Å²) in [5.41, 5.74) is 1.56. The zero-order valence-electron chi connectivity index (χ0n) is 15.1. The van der Waals surface area contributed by atoms with E-state index in [0.717, 1.165) is 16.0 Å². The van der Waals surface area contributed by atoms with Crippen molar-refractivity contribution >= 4 is 17.2 Å². The number of aromatic nitrogens is 2. The van der Waals surface area contributed by atoms with Crippen LogP contribution in [0.2, 0.25) is 0 Å². The number of rotatable bonds is 7. The molecule has 0 saturated heterocycles. The van der Waals surface area contributed by atoms with E-state index in [1.54, 1.807) is 36.4 Å². The first kappa shape index (κ1) is 18.8. The lowest BCUT2D eigenvalue weighted by Gasteiger charge is -2.18. The number of ether oxygens (including phenoxy) is 1. The number of nitrogens with zero attached hydrogens (tertiary/aromatic N) is 2. The third-order valence-corrected chi connectivity index (χ3v) is 5.10. The first-order valence-corrected chi connectivity index (χ1v) is 9.64. The van der Waals surface area contributed by atoms with Crippen molar-refractivity contribution in [1.29, 1.82) is 0 Å². The molecule has 2 aromatic heterocycles. The molecule has 0 unspecified atom stereocenters. The van der Waals surface area contributed by atoms with Gasteiger partial charge in [-0.3, -0.25) is 4.79 Å². The molecule has 0 fully saturated rings. The van der Waals surface area contributed by atoms with Gasteiger partial charge in [-0.05, 0) is 53.4 Å². The summed E-state index contributed by atoms with van der Waals surface area (Å²) in [6.45, 7) is -0.150. The molecule has 1 atom stereocenters. The summed E-state index contributed by atoms with van der Waals surface area (Å²) >= 11 is 1.52. The van der Waals surface area contributed by atoms with Crippen molar-refractivity contribution in [3.05, 3.63) is 88.7 Å². The van der Waals surface area contributed by atoms with Gasteiger partial charge in [-0.2, -0.15) is 0 Å². The molecule has 1 amide bonds. The number of benzene rings is 2. The lowest BCUT2D eigenvalue weighted by molar-refractivity contribution is -0.123. The molecule has 1 N–H and O–H groups in total. The first-order valence-electron chi connectivity index (χ1n) is 8.77. The van der Waals surface area contributed by atoms with Crippen LogP contribution < -0.4 is 10.1 Å². The third-order valence-electron chi connectivity index (χ3n) is 4.17. The SMILES string of the molecule is O=C(COc1ccc(-c2nnco2)cc1)N[C@@H](c1ccc(F)cc1)c1cccs1. The Morgan fingerprint density at radius 1 is 1.14 bits per heavy atom. The van der Waals surface area contributed by atoms with E-state index in [-0.39, 0.29) is 24.4 Å². The minimum Gasteiger partial charge on any atom is -0.484 e. The van der Waals surface area contributed by atoms with Gasteiger partial charge in [0.05, 0.1) is 6.04 Å². The van der Waals surface area contributed by atoms with Gasteiger partial charge >= 0.3 is 0 Å². The van der Waals surface area contributed by atoms with Crippen molar-refractivity contribution < 1.29 is 18.3 Å². The number of nitrogens with one attached hydrogen (secondary N) is 1. The van der Waals surface area contributed by atoms with Crippen LogP contribution in [0, 0.1) is 5.82 Å². The van der Waals surface area contributed by atoms with E-state index >= 15 is 0 Å². The highest BCUT2D eigenvalue weighted by Crippen LogP contribution is 2.26. The zero-order valence-corrected chi connectivity index (χ0v) is 15.9. The van der Waals surface area contributed by atoms with Gasteiger partial charge in [0.1, 0.15) is 11.6 Å². The van der Waals surface area contributed by atoms with Crippen molar-refractivity contribution in [3.63, 3.8) is 0 Å². The van der Waals surface area contributed by atoms with Crippen LogP contribution in [-0.4, -0.2) is 22.7 Å². The highest BCUT2D eigenvalue weighted by molar-refractivity contribution is 7.10. The van der Waals surface area contributed by atoms with Gasteiger partial charge in [-0.25, -0.2) is 4.39 Å². The Labute approximate surface area is 170 Å². The summed E-state index contributed by atoms with van der Waals surface area (Å²) in [6.07, 6.45) is 1.26. The predicted molar refractivity (Wildman–Crippen MR) is 106 cm³/mol. The zero-order chi connectivity index (χ0) is 20.1. The maximum absolute atomic E-state index is 13.3. The third kappa shape index (κ3) is 4.67. The van der Waals surface area contributed by atoms with Gasteiger partial charge in [0, 0.05) is 10.4 Å². The van der Waals surface area contributed by atoms with Crippen molar-refractivity contribution in [2.75, 3.05) is 6.61 Å². The average molecular weight is 409 g/mol. The van der Waals surface area contributed by atoms with Gasteiger partial charge in [0.25, 0.3) is 5.91 Å². The van der Waals surface area contributed by atoms with E-state index < -0.39 is 0 Å². The summed E-state index contributed by atoms with van der Waals surface area (Å²) in [4.78, 5) is 13.4. The van der Waals surface area contributed by atoms with Crippen LogP contribution in [-0.2, 0) is 4.79 Å². The predicted octanol–water partition coefficient (Wildman–Crippen LogP) is 4.22. The minimum absolute atomic E-state index is 0.150. The largest absolute Gasteiger partial charge is 0.484 e. The molecule has 8 heteroatoms. The van der Waals surface area contributed by atoms with Gasteiger partial charge in [0.2, 0.25) is 12.3 Å². The maximum Gasteiger partial charge on any atom is 0.258 e. The molecular formula is C21H16FN3O3S. The fraction of sp³-hybridized carbons (Fsp3) is 0.0952. The van der Waals surface area contributed by atoms with Gasteiger partial charge in [-0.15, -0.1) is 21.5 Å². The van der Waals surface area contributed by atoms with E-state index in [4.69, 9.17) is 9.15 Å². The lowest BCUT2D eigenvalue weighted by atomic mass is 10.1. The molecule has 0 bridgehead atoms. The molecule has 4 rings (SSSR count). The Morgan fingerprint density at radius 2 is 1.93 bits per heavy atom. The fourth-order valence-corrected chi connectivity index (χ4v) is 3.58. The maximum atomic E-state index is 13.3. The van der Waals surface area contributed by atoms with E-state index in [9.17, 15) is 9.18 Å². The number of carbonyl (C=O) groups is 1. The van der Waals surface area contributed by atoms with Crippen molar-refractivity contribution in [3.8, 4) is 17.2 Å². The Morgan fingerprint density at radius 3 is 2.59 bits per heavy atom. The Balaban J connectivity index is 1.40. The standard InChI is InChI=1S/C21H16FN3O3S/c22-16-7-3-14(4-8-16)20(18-2-1-11-29-18)24-19(26)12-27-17-9-5-15(6-10-17)21-25-23-13-28-21/h1-11,13,20H,12H2,(H,24,26)/t20-/m0/s1. The summed E-state index contributed by atoms with van der Waals surface area (Å²) in [5.74, 6) is 0.344. The lowest BCUT2D eigenvalue weighted by Crippen LogP contribution is -2.32. The van der Waals surface area contributed by atoms with Crippen LogP contribution in [0.4, 0.5) is 4.39 Å². The number of carbonyl (C=O) groups excluding carboxylic acids is 1. The van der Waals surface area contributed by atoms with E-state index in [2.05, 4.69) is 15.5 Å². The molecule has 2 aromatic carbocycles. The summed E-state index contributed by atoms with van der Waals surface area (Å²) < 4.78 is 24.0. The quantitative estimate of drug-likeness (QED) is 0.494. The van der Waals surface area contributed by atoms with Crippen LogP contribution in [0.15, 0.2) is 76.9 Å². The van der Waals surface area contributed by atoms with E-state index in [1.807, 2.05) is 17.5 Å². The number of amides is 1. The monoisotopic (exact) mass is 409 g/mol. The van der Waals surface area contributed by atoms with Crippen molar-refractivity contribution in [2.24, 2.45) is 0 Å². The second-order valence-electron chi connectivity index (χ2n) is 6.12. The number of thiophene rings is 1. The molecule has 0 radical (unpaired) electrons. The summed E-state index contributed by atoms with van der Waals surface area (Å²) in [7, 11) is 0. The number of hydrogen-bond donors (Lipinski definition) is 1. The highest BCUT2D eigenvalue weighted by Gasteiger charge is 2.18. The molecule has 0 spiro atoms. The van der Waals surface area contributed by atoms with E-state index in [0.29, 0.717) is 11.6 Å². The molecule has 0 aliphatic heterocycles. The second kappa shape index (κ2) is 8.66. The molecule has 6 nitrogen and oxygen atoms in total. The van der Waals surface area contributed by atoms with Crippen LogP contribution in [0.25, 0.3) is 11.5 Å². The molecule has 4 aromatic rings. The Hall–Kier alpha value is -3.52. The normalized spacial score (nSPS) is 11.8. The Kier molecular flexibility index (Phi) is 5.62. The molecule has 0 aliphatic carbocycles. The van der Waals surface area contributed by atoms with Crippen LogP contribution in [0.1, 0.15) is 16.5 Å². The van der Waals surface area contributed by atoms with Gasteiger partial charge in [-0.1, -0.05) is 18.2 Å². The molecule has 29 heavy (non-hydrogen) atoms. The number of halogens is 1. The smallest absolute Gasteiger partial charge is 0.258 e. The van der Waals surface area contributed by atoms with Crippen molar-refractivity contribution in [2.45, 2.75) is 6.04 Å². The molecule has 0 saturated carbocycles. The highest BCUT2D eigenvalue weighted by atomic mass is 32.1. The van der Waals surface area contributed by atoms with Crippen molar-refractivity contribution in [1.82, 2.24) is 15.5 Å². The van der Waals surface area contributed by atoms with E-state index in [1.165, 1.54) is 29.9 Å². The van der Waals surface area contributed by atoms with Crippen LogP contribution >= 0.6 is 11.3 Å². The van der Waals surface area contributed by atoms with Crippen LogP contribution in [0.3, 0.4) is 0 Å². The van der Waals surface area contributed by atoms with Gasteiger partial charge in [0.15, 0.2) is 6.61 Å². The first-order chi connectivity index (χ1) is 14.2. The Bertz CT molecular complexity index is 1050. The minimum atomic E-state index is -0.369. The fourth-order valence-electron chi connectivity index (χ4n) is 2.77.